The van der Waals surface area contributed by atoms with Crippen molar-refractivity contribution < 1.29 is 29.0 Å². The third-order valence-corrected chi connectivity index (χ3v) is 3.35. The normalized spacial score (nSPS) is 13.4. The quantitative estimate of drug-likeness (QED) is 0.828. The highest BCUT2D eigenvalue weighted by Gasteiger charge is 2.38. The minimum atomic E-state index is -1.70. The number of imide groups is 1. The molecule has 0 unspecified atom stereocenters. The first-order valence-corrected chi connectivity index (χ1v) is 6.16. The third kappa shape index (κ3) is 1.76. The SMILES string of the molecule is O=C(O)c1c(F)ccc(N2C(=O)c3ccccc3C2=O)c1O. The predicted molar refractivity (Wildman–Crippen MR) is 72.6 cm³/mol. The summed E-state index contributed by atoms with van der Waals surface area (Å²) in [7, 11) is 0. The molecule has 0 saturated heterocycles. The number of aromatic carboxylic acids is 1. The van der Waals surface area contributed by atoms with Gasteiger partial charge in [-0.25, -0.2) is 14.1 Å². The summed E-state index contributed by atoms with van der Waals surface area (Å²) in [4.78, 5) is 36.2. The van der Waals surface area contributed by atoms with Gasteiger partial charge in [0.1, 0.15) is 11.4 Å². The van der Waals surface area contributed by atoms with Crippen LogP contribution < -0.4 is 4.90 Å². The van der Waals surface area contributed by atoms with Crippen LogP contribution in [0.3, 0.4) is 0 Å². The van der Waals surface area contributed by atoms with E-state index in [0.717, 1.165) is 12.1 Å². The largest absolute Gasteiger partial charge is 0.505 e. The van der Waals surface area contributed by atoms with E-state index >= 15 is 0 Å². The Bertz CT molecular complexity index is 811. The minimum Gasteiger partial charge on any atom is -0.505 e. The number of amides is 2. The maximum absolute atomic E-state index is 13.5. The first-order valence-electron chi connectivity index (χ1n) is 6.16. The van der Waals surface area contributed by atoms with Crippen molar-refractivity contribution in [1.82, 2.24) is 0 Å². The topological polar surface area (TPSA) is 94.9 Å². The predicted octanol–water partition coefficient (Wildman–Crippen LogP) is 2.03. The second-order valence-corrected chi connectivity index (χ2v) is 4.59. The molecule has 0 aliphatic carbocycles. The van der Waals surface area contributed by atoms with E-state index < -0.39 is 34.9 Å². The Balaban J connectivity index is 2.19. The van der Waals surface area contributed by atoms with Crippen LogP contribution in [0.5, 0.6) is 5.75 Å². The van der Waals surface area contributed by atoms with E-state index in [1.54, 1.807) is 12.1 Å². The number of phenols is 1. The van der Waals surface area contributed by atoms with Gasteiger partial charge in [0.15, 0.2) is 5.75 Å². The van der Waals surface area contributed by atoms with Crippen LogP contribution in [0.25, 0.3) is 0 Å². The van der Waals surface area contributed by atoms with Crippen molar-refractivity contribution in [3.63, 3.8) is 0 Å². The number of hydrogen-bond donors (Lipinski definition) is 2. The van der Waals surface area contributed by atoms with Crippen LogP contribution >= 0.6 is 0 Å². The van der Waals surface area contributed by atoms with Gasteiger partial charge in [-0.2, -0.15) is 0 Å². The monoisotopic (exact) mass is 301 g/mol. The molecule has 7 heteroatoms. The lowest BCUT2D eigenvalue weighted by Gasteiger charge is -2.16. The van der Waals surface area contributed by atoms with Gasteiger partial charge in [-0.05, 0) is 24.3 Å². The van der Waals surface area contributed by atoms with E-state index in [9.17, 15) is 23.9 Å². The van der Waals surface area contributed by atoms with Gasteiger partial charge in [-0.1, -0.05) is 12.1 Å². The molecule has 0 fully saturated rings. The van der Waals surface area contributed by atoms with Crippen molar-refractivity contribution in [2.75, 3.05) is 4.90 Å². The fourth-order valence-electron chi connectivity index (χ4n) is 2.35. The maximum atomic E-state index is 13.5. The molecule has 0 spiro atoms. The Kier molecular flexibility index (Phi) is 2.91. The highest BCUT2D eigenvalue weighted by molar-refractivity contribution is 6.35. The van der Waals surface area contributed by atoms with Crippen LogP contribution in [0.15, 0.2) is 36.4 Å². The molecular weight excluding hydrogens is 293 g/mol. The number of hydrogen-bond acceptors (Lipinski definition) is 4. The second-order valence-electron chi connectivity index (χ2n) is 4.59. The van der Waals surface area contributed by atoms with Gasteiger partial charge >= 0.3 is 5.97 Å². The molecule has 0 radical (unpaired) electrons. The zero-order chi connectivity index (χ0) is 16.0. The van der Waals surface area contributed by atoms with E-state index in [1.165, 1.54) is 12.1 Å². The number of aromatic hydroxyl groups is 1. The van der Waals surface area contributed by atoms with Gasteiger partial charge in [-0.3, -0.25) is 9.59 Å². The molecule has 2 amide bonds. The summed E-state index contributed by atoms with van der Waals surface area (Å²) < 4.78 is 13.5. The van der Waals surface area contributed by atoms with Crippen molar-refractivity contribution >= 4 is 23.5 Å². The minimum absolute atomic E-state index is 0.133. The van der Waals surface area contributed by atoms with E-state index in [-0.39, 0.29) is 16.8 Å². The van der Waals surface area contributed by atoms with Gasteiger partial charge in [-0.15, -0.1) is 0 Å². The van der Waals surface area contributed by atoms with Crippen LogP contribution in [0, 0.1) is 5.82 Å². The summed E-state index contributed by atoms with van der Waals surface area (Å²) in [5.41, 5.74) is -1.10. The van der Waals surface area contributed by atoms with Crippen molar-refractivity contribution in [2.24, 2.45) is 0 Å². The van der Waals surface area contributed by atoms with Gasteiger partial charge in [0, 0.05) is 0 Å². The van der Waals surface area contributed by atoms with E-state index in [2.05, 4.69) is 0 Å². The first-order chi connectivity index (χ1) is 10.4. The van der Waals surface area contributed by atoms with Gasteiger partial charge in [0.25, 0.3) is 11.8 Å². The number of halogens is 1. The molecule has 2 aromatic rings. The number of carbonyl (C=O) groups is 3. The average Bonchev–Trinajstić information content (AvgIpc) is 2.72. The number of carboxylic acids is 1. The Labute approximate surface area is 123 Å². The van der Waals surface area contributed by atoms with Crippen molar-refractivity contribution in [2.45, 2.75) is 0 Å². The molecule has 110 valence electrons. The number of rotatable bonds is 2. The number of benzene rings is 2. The lowest BCUT2D eigenvalue weighted by Crippen LogP contribution is -2.29. The molecule has 1 aliphatic rings. The Hall–Kier alpha value is -3.22. The summed E-state index contributed by atoms with van der Waals surface area (Å²) in [6.45, 7) is 0. The highest BCUT2D eigenvalue weighted by Crippen LogP contribution is 2.37. The molecule has 6 nitrogen and oxygen atoms in total. The average molecular weight is 301 g/mol. The summed E-state index contributed by atoms with van der Waals surface area (Å²) in [5, 5.41) is 18.9. The fourth-order valence-corrected chi connectivity index (χ4v) is 2.35. The number of carbonyl (C=O) groups excluding carboxylic acids is 2. The molecule has 0 atom stereocenters. The summed E-state index contributed by atoms with van der Waals surface area (Å²) in [6, 6.07) is 7.78. The molecule has 0 saturated carbocycles. The third-order valence-electron chi connectivity index (χ3n) is 3.35. The summed E-state index contributed by atoms with van der Waals surface area (Å²) in [6.07, 6.45) is 0. The van der Waals surface area contributed by atoms with Crippen molar-refractivity contribution in [3.05, 3.63) is 58.9 Å². The molecule has 3 rings (SSSR count). The van der Waals surface area contributed by atoms with Crippen molar-refractivity contribution in [3.8, 4) is 5.75 Å². The molecule has 22 heavy (non-hydrogen) atoms. The van der Waals surface area contributed by atoms with E-state index in [4.69, 9.17) is 5.11 Å². The molecule has 2 N–H and O–H groups in total. The van der Waals surface area contributed by atoms with Crippen LogP contribution in [0.1, 0.15) is 31.1 Å². The van der Waals surface area contributed by atoms with Gasteiger partial charge in [0.2, 0.25) is 0 Å². The molecular formula is C15H8FNO5. The second kappa shape index (κ2) is 4.66. The molecule has 1 heterocycles. The maximum Gasteiger partial charge on any atom is 0.342 e. The van der Waals surface area contributed by atoms with Crippen LogP contribution in [-0.4, -0.2) is 28.0 Å². The molecule has 1 aliphatic heterocycles. The van der Waals surface area contributed by atoms with Crippen LogP contribution in [0.2, 0.25) is 0 Å². The Morgan fingerprint density at radius 1 is 1.00 bits per heavy atom. The number of nitrogens with zero attached hydrogens (tertiary/aromatic N) is 1. The standard InChI is InChI=1S/C15H8FNO5/c16-9-5-6-10(12(18)11(9)15(21)22)17-13(19)7-3-1-2-4-8(7)14(17)20/h1-6,18H,(H,21,22). The zero-order valence-electron chi connectivity index (χ0n) is 10.9. The van der Waals surface area contributed by atoms with Gasteiger partial charge < -0.3 is 10.2 Å². The lowest BCUT2D eigenvalue weighted by atomic mass is 10.1. The van der Waals surface area contributed by atoms with Gasteiger partial charge in [0.05, 0.1) is 16.8 Å². The van der Waals surface area contributed by atoms with E-state index in [1.807, 2.05) is 0 Å². The highest BCUT2D eigenvalue weighted by atomic mass is 19.1. The lowest BCUT2D eigenvalue weighted by molar-refractivity contribution is 0.0687. The number of carboxylic acid groups (broad SMARTS) is 1. The zero-order valence-corrected chi connectivity index (χ0v) is 10.9. The summed E-state index contributed by atoms with van der Waals surface area (Å²) in [5.74, 6) is -5.25. The Morgan fingerprint density at radius 2 is 1.55 bits per heavy atom. The van der Waals surface area contributed by atoms with Crippen LogP contribution in [0.4, 0.5) is 10.1 Å². The molecule has 2 aromatic carbocycles. The Morgan fingerprint density at radius 3 is 2.05 bits per heavy atom. The number of fused-ring (bicyclic) bond motifs is 1. The van der Waals surface area contributed by atoms with Crippen LogP contribution in [-0.2, 0) is 0 Å². The molecule has 0 aromatic heterocycles. The van der Waals surface area contributed by atoms with Crippen molar-refractivity contribution in [1.29, 1.82) is 0 Å². The smallest absolute Gasteiger partial charge is 0.342 e. The molecule has 0 bridgehead atoms. The summed E-state index contributed by atoms with van der Waals surface area (Å²) >= 11 is 0. The van der Waals surface area contributed by atoms with E-state index in [0.29, 0.717) is 4.90 Å². The first kappa shape index (κ1) is 13.7. The fraction of sp³-hybridized carbons (Fsp3) is 0. The number of anilines is 1.